The summed E-state index contributed by atoms with van der Waals surface area (Å²) in [6.07, 6.45) is -7.62. The first-order valence-corrected chi connectivity index (χ1v) is 4.65. The molecule has 1 rings (SSSR count). The number of amides is 1. The second kappa shape index (κ2) is 4.67. The van der Waals surface area contributed by atoms with Gasteiger partial charge in [-0.15, -0.1) is 0 Å². The number of rotatable bonds is 2. The Morgan fingerprint density at radius 3 is 2.22 bits per heavy atom. The molecule has 0 aromatic heterocycles. The van der Waals surface area contributed by atoms with Crippen LogP contribution >= 0.6 is 0 Å². The minimum absolute atomic E-state index is 0.135. The molecule has 1 amide bonds. The van der Waals surface area contributed by atoms with E-state index in [1.54, 1.807) is 0 Å². The van der Waals surface area contributed by atoms with Crippen molar-refractivity contribution >= 4 is 11.9 Å². The van der Waals surface area contributed by atoms with E-state index in [1.807, 2.05) is 0 Å². The van der Waals surface area contributed by atoms with Crippen molar-refractivity contribution in [3.63, 3.8) is 0 Å². The Labute approximate surface area is 97.1 Å². The molecule has 18 heavy (non-hydrogen) atoms. The first-order chi connectivity index (χ1) is 8.07. The zero-order valence-corrected chi connectivity index (χ0v) is 8.71. The van der Waals surface area contributed by atoms with Gasteiger partial charge in [0.25, 0.3) is 0 Å². The van der Waals surface area contributed by atoms with Gasteiger partial charge in [-0.1, -0.05) is 0 Å². The Hall–Kier alpha value is -1.45. The van der Waals surface area contributed by atoms with Crippen LogP contribution in [-0.4, -0.2) is 59.8 Å². The first kappa shape index (κ1) is 14.6. The third-order valence-electron chi connectivity index (χ3n) is 2.25. The maximum absolute atomic E-state index is 12.7. The molecule has 0 saturated carbocycles. The van der Waals surface area contributed by atoms with Gasteiger partial charge >= 0.3 is 24.0 Å². The number of carbonyl (C=O) groups is 2. The van der Waals surface area contributed by atoms with Gasteiger partial charge in [0.2, 0.25) is 0 Å². The van der Waals surface area contributed by atoms with E-state index in [0.717, 1.165) is 0 Å². The van der Waals surface area contributed by atoms with E-state index in [0.29, 0.717) is 0 Å². The van der Waals surface area contributed by atoms with Gasteiger partial charge in [-0.05, 0) is 0 Å². The second-order valence-corrected chi connectivity index (χ2v) is 3.52. The van der Waals surface area contributed by atoms with E-state index in [1.165, 1.54) is 0 Å². The Kier molecular flexibility index (Phi) is 3.79. The molecule has 1 aliphatic heterocycles. The quantitative estimate of drug-likeness (QED) is 0.746. The van der Waals surface area contributed by atoms with Gasteiger partial charge in [-0.25, -0.2) is 4.79 Å². The predicted molar refractivity (Wildman–Crippen MR) is 45.0 cm³/mol. The average molecular weight is 277 g/mol. The van der Waals surface area contributed by atoms with Crippen LogP contribution in [0.1, 0.15) is 0 Å². The molecule has 1 fully saturated rings. The second-order valence-electron chi connectivity index (χ2n) is 3.52. The third kappa shape index (κ3) is 2.68. The molecule has 1 atom stereocenters. The molecule has 1 saturated heterocycles. The van der Waals surface area contributed by atoms with Crippen LogP contribution in [0, 0.1) is 0 Å². The van der Waals surface area contributed by atoms with Crippen molar-refractivity contribution in [3.05, 3.63) is 0 Å². The summed E-state index contributed by atoms with van der Waals surface area (Å²) in [7, 11) is 0. The Morgan fingerprint density at radius 2 is 1.78 bits per heavy atom. The third-order valence-corrected chi connectivity index (χ3v) is 2.25. The van der Waals surface area contributed by atoms with Crippen LogP contribution in [0.15, 0.2) is 0 Å². The van der Waals surface area contributed by atoms with Crippen LogP contribution in [-0.2, 0) is 14.3 Å². The van der Waals surface area contributed by atoms with Crippen LogP contribution in [0.4, 0.5) is 22.0 Å². The largest absolute Gasteiger partial charge is 0.479 e. The highest BCUT2D eigenvalue weighted by Gasteiger charge is 2.64. The SMILES string of the molecule is O=C(O)C1CN(C(=O)C(F)(F)C(F)(F)F)CCO1. The number of ether oxygens (including phenoxy) is 1. The van der Waals surface area contributed by atoms with Crippen molar-refractivity contribution in [2.45, 2.75) is 18.2 Å². The van der Waals surface area contributed by atoms with Crippen LogP contribution in [0.25, 0.3) is 0 Å². The molecular formula is C8H8F5NO4. The summed E-state index contributed by atoms with van der Waals surface area (Å²) in [6, 6.07) is 0. The van der Waals surface area contributed by atoms with E-state index >= 15 is 0 Å². The molecule has 0 aromatic rings. The number of morpholine rings is 1. The lowest BCUT2D eigenvalue weighted by molar-refractivity contribution is -0.275. The fourth-order valence-corrected chi connectivity index (χ4v) is 1.30. The van der Waals surface area contributed by atoms with Crippen molar-refractivity contribution in [1.29, 1.82) is 0 Å². The van der Waals surface area contributed by atoms with Gasteiger partial charge in [0.05, 0.1) is 13.2 Å². The molecule has 10 heteroatoms. The van der Waals surface area contributed by atoms with Crippen LogP contribution in [0.3, 0.4) is 0 Å². The summed E-state index contributed by atoms with van der Waals surface area (Å²) in [4.78, 5) is 21.7. The summed E-state index contributed by atoms with van der Waals surface area (Å²) in [5.41, 5.74) is 0. The van der Waals surface area contributed by atoms with Gasteiger partial charge in [0.1, 0.15) is 0 Å². The standard InChI is InChI=1S/C8H8F5NO4/c9-7(10,8(11,12)13)6(17)14-1-2-18-4(3-14)5(15)16/h4H,1-3H2,(H,15,16). The molecule has 0 bridgehead atoms. The molecule has 1 N–H and O–H groups in total. The number of carboxylic acid groups (broad SMARTS) is 1. The Bertz CT molecular complexity index is 356. The average Bonchev–Trinajstić information content (AvgIpc) is 2.26. The normalized spacial score (nSPS) is 21.8. The number of aliphatic carboxylic acids is 1. The lowest BCUT2D eigenvalue weighted by atomic mass is 10.2. The molecular weight excluding hydrogens is 269 g/mol. The lowest BCUT2D eigenvalue weighted by Crippen LogP contribution is -2.57. The first-order valence-electron chi connectivity index (χ1n) is 4.65. The van der Waals surface area contributed by atoms with E-state index < -0.39 is 49.8 Å². The van der Waals surface area contributed by atoms with Gasteiger partial charge in [0.15, 0.2) is 6.10 Å². The van der Waals surface area contributed by atoms with Gasteiger partial charge in [-0.2, -0.15) is 22.0 Å². The topological polar surface area (TPSA) is 66.8 Å². The molecule has 5 nitrogen and oxygen atoms in total. The van der Waals surface area contributed by atoms with Crippen molar-refractivity contribution in [1.82, 2.24) is 4.90 Å². The predicted octanol–water partition coefficient (Wildman–Crippen LogP) is 0.496. The smallest absolute Gasteiger partial charge is 0.463 e. The zero-order valence-electron chi connectivity index (χ0n) is 8.71. The lowest BCUT2D eigenvalue weighted by Gasteiger charge is -2.33. The van der Waals surface area contributed by atoms with Gasteiger partial charge in [-0.3, -0.25) is 4.79 Å². The molecule has 0 spiro atoms. The minimum atomic E-state index is -6.01. The van der Waals surface area contributed by atoms with E-state index in [2.05, 4.69) is 4.74 Å². The molecule has 0 aliphatic carbocycles. The summed E-state index contributed by atoms with van der Waals surface area (Å²) < 4.78 is 65.9. The molecule has 0 radical (unpaired) electrons. The van der Waals surface area contributed by atoms with Gasteiger partial charge < -0.3 is 14.7 Å². The molecule has 1 unspecified atom stereocenters. The van der Waals surface area contributed by atoms with E-state index in [-0.39, 0.29) is 4.90 Å². The summed E-state index contributed by atoms with van der Waals surface area (Å²) in [5, 5.41) is 8.53. The molecule has 1 aliphatic rings. The molecule has 1 heterocycles. The fraction of sp³-hybridized carbons (Fsp3) is 0.750. The molecule has 104 valence electrons. The fourth-order valence-electron chi connectivity index (χ4n) is 1.30. The number of hydrogen-bond donors (Lipinski definition) is 1. The van der Waals surface area contributed by atoms with E-state index in [9.17, 15) is 31.5 Å². The number of halogens is 5. The number of carbonyl (C=O) groups excluding carboxylic acids is 1. The van der Waals surface area contributed by atoms with Crippen molar-refractivity contribution in [3.8, 4) is 0 Å². The van der Waals surface area contributed by atoms with Crippen LogP contribution in [0.2, 0.25) is 0 Å². The zero-order chi connectivity index (χ0) is 14.1. The highest BCUT2D eigenvalue weighted by Crippen LogP contribution is 2.37. The Balaban J connectivity index is 2.82. The summed E-state index contributed by atoms with van der Waals surface area (Å²) >= 11 is 0. The minimum Gasteiger partial charge on any atom is -0.479 e. The number of nitrogens with zero attached hydrogens (tertiary/aromatic N) is 1. The van der Waals surface area contributed by atoms with Gasteiger partial charge in [0, 0.05) is 6.54 Å². The highest BCUT2D eigenvalue weighted by atomic mass is 19.4. The van der Waals surface area contributed by atoms with Crippen molar-refractivity contribution < 1.29 is 41.4 Å². The van der Waals surface area contributed by atoms with Crippen molar-refractivity contribution in [2.24, 2.45) is 0 Å². The summed E-state index contributed by atoms with van der Waals surface area (Å²) in [5.74, 6) is -9.54. The number of alkyl halides is 5. The Morgan fingerprint density at radius 1 is 1.22 bits per heavy atom. The van der Waals surface area contributed by atoms with Crippen molar-refractivity contribution in [2.75, 3.05) is 19.7 Å². The van der Waals surface area contributed by atoms with Crippen LogP contribution < -0.4 is 0 Å². The maximum atomic E-state index is 12.7. The summed E-state index contributed by atoms with van der Waals surface area (Å²) in [6.45, 7) is -1.79. The number of carboxylic acids is 1. The molecule has 0 aromatic carbocycles. The highest BCUT2D eigenvalue weighted by molar-refractivity contribution is 5.85. The van der Waals surface area contributed by atoms with Crippen LogP contribution in [0.5, 0.6) is 0 Å². The number of hydrogen-bond acceptors (Lipinski definition) is 3. The maximum Gasteiger partial charge on any atom is 0.463 e. The monoisotopic (exact) mass is 277 g/mol. The van der Waals surface area contributed by atoms with E-state index in [4.69, 9.17) is 5.11 Å².